The molecule has 16 heavy (non-hydrogen) atoms. The van der Waals surface area contributed by atoms with Crippen LogP contribution in [0.3, 0.4) is 0 Å². The summed E-state index contributed by atoms with van der Waals surface area (Å²) in [4.78, 5) is 0. The Morgan fingerprint density at radius 1 is 1.31 bits per heavy atom. The molecule has 96 valence electrons. The van der Waals surface area contributed by atoms with Crippen molar-refractivity contribution in [3.63, 3.8) is 0 Å². The van der Waals surface area contributed by atoms with Crippen LogP contribution in [0, 0.1) is 11.3 Å². The van der Waals surface area contributed by atoms with E-state index in [4.69, 9.17) is 5.73 Å². The minimum absolute atomic E-state index is 0.0153. The van der Waals surface area contributed by atoms with E-state index in [0.29, 0.717) is 19.0 Å². The minimum Gasteiger partial charge on any atom is -0.326 e. The average Bonchev–Trinajstić information content (AvgIpc) is 1.96. The van der Waals surface area contributed by atoms with Crippen molar-refractivity contribution in [1.29, 1.82) is 0 Å². The van der Waals surface area contributed by atoms with Crippen molar-refractivity contribution in [2.24, 2.45) is 17.1 Å². The summed E-state index contributed by atoms with van der Waals surface area (Å²) >= 11 is 0. The molecule has 2 N–H and O–H groups in total. The van der Waals surface area contributed by atoms with Gasteiger partial charge in [0.25, 0.3) is 0 Å². The molecule has 0 aliphatic carbocycles. The largest absolute Gasteiger partial charge is 0.326 e. The summed E-state index contributed by atoms with van der Waals surface area (Å²) in [5, 5.41) is 0. The van der Waals surface area contributed by atoms with Crippen LogP contribution in [0.4, 0.5) is 0 Å². The topological polar surface area (TPSA) is 63.4 Å². The highest BCUT2D eigenvalue weighted by atomic mass is 32.2. The quantitative estimate of drug-likeness (QED) is 0.794. The van der Waals surface area contributed by atoms with Gasteiger partial charge in [-0.05, 0) is 17.8 Å². The van der Waals surface area contributed by atoms with Gasteiger partial charge in [0.15, 0.2) is 0 Å². The van der Waals surface area contributed by atoms with Gasteiger partial charge in [-0.2, -0.15) is 0 Å². The first-order valence-electron chi connectivity index (χ1n) is 5.83. The fourth-order valence-corrected chi connectivity index (χ4v) is 4.39. The molecule has 0 aromatic rings. The molecule has 2 unspecified atom stereocenters. The van der Waals surface area contributed by atoms with E-state index < -0.39 is 10.0 Å². The van der Waals surface area contributed by atoms with Crippen LogP contribution in [-0.2, 0) is 10.0 Å². The third-order valence-electron chi connectivity index (χ3n) is 2.67. The lowest BCUT2D eigenvalue weighted by atomic mass is 9.99. The number of hydrogen-bond donors (Lipinski definition) is 1. The second-order valence-electron chi connectivity index (χ2n) is 6.23. The summed E-state index contributed by atoms with van der Waals surface area (Å²) in [6, 6.07) is -0.0153. The highest BCUT2D eigenvalue weighted by Gasteiger charge is 2.33. The number of sulfonamides is 1. The Balaban J connectivity index is 2.76. The molecular weight excluding hydrogens is 224 g/mol. The lowest BCUT2D eigenvalue weighted by molar-refractivity contribution is 0.251. The molecule has 2 atom stereocenters. The molecule has 0 radical (unpaired) electrons. The number of piperidine rings is 1. The van der Waals surface area contributed by atoms with Gasteiger partial charge < -0.3 is 5.73 Å². The Hall–Kier alpha value is -0.130. The van der Waals surface area contributed by atoms with Crippen LogP contribution >= 0.6 is 0 Å². The zero-order valence-electron chi connectivity index (χ0n) is 10.7. The summed E-state index contributed by atoms with van der Waals surface area (Å²) in [7, 11) is -3.15. The van der Waals surface area contributed by atoms with Crippen molar-refractivity contribution in [3.8, 4) is 0 Å². The maximum atomic E-state index is 12.2. The molecule has 0 amide bonds. The SMILES string of the molecule is CC1CC(N)CN(S(=O)(=O)CC(C)(C)C)C1. The van der Waals surface area contributed by atoms with Gasteiger partial charge in [-0.25, -0.2) is 12.7 Å². The molecular formula is C11H24N2O2S. The van der Waals surface area contributed by atoms with E-state index in [1.165, 1.54) is 0 Å². The highest BCUT2D eigenvalue weighted by Crippen LogP contribution is 2.23. The van der Waals surface area contributed by atoms with E-state index in [-0.39, 0.29) is 17.2 Å². The smallest absolute Gasteiger partial charge is 0.214 e. The van der Waals surface area contributed by atoms with Gasteiger partial charge >= 0.3 is 0 Å². The molecule has 4 nitrogen and oxygen atoms in total. The second-order valence-corrected chi connectivity index (χ2v) is 8.20. The Kier molecular flexibility index (Phi) is 4.03. The summed E-state index contributed by atoms with van der Waals surface area (Å²) in [5.74, 6) is 0.554. The number of nitrogens with zero attached hydrogens (tertiary/aromatic N) is 1. The van der Waals surface area contributed by atoms with Gasteiger partial charge in [-0.3, -0.25) is 0 Å². The van der Waals surface area contributed by atoms with Crippen molar-refractivity contribution in [1.82, 2.24) is 4.31 Å². The Labute approximate surface area is 99.2 Å². The summed E-state index contributed by atoms with van der Waals surface area (Å²) in [6.07, 6.45) is 0.918. The molecule has 0 aromatic heterocycles. The normalized spacial score (nSPS) is 29.3. The van der Waals surface area contributed by atoms with Crippen LogP contribution in [0.15, 0.2) is 0 Å². The van der Waals surface area contributed by atoms with E-state index in [9.17, 15) is 8.42 Å². The predicted molar refractivity (Wildman–Crippen MR) is 66.6 cm³/mol. The first-order chi connectivity index (χ1) is 7.10. The Morgan fingerprint density at radius 3 is 2.31 bits per heavy atom. The van der Waals surface area contributed by atoms with Crippen LogP contribution in [0.2, 0.25) is 0 Å². The summed E-state index contributed by atoms with van der Waals surface area (Å²) in [5.41, 5.74) is 5.67. The average molecular weight is 248 g/mol. The van der Waals surface area contributed by atoms with Crippen molar-refractivity contribution < 1.29 is 8.42 Å². The van der Waals surface area contributed by atoms with Gasteiger partial charge in [-0.1, -0.05) is 27.7 Å². The van der Waals surface area contributed by atoms with Crippen molar-refractivity contribution in [2.75, 3.05) is 18.8 Å². The maximum Gasteiger partial charge on any atom is 0.214 e. The molecule has 0 bridgehead atoms. The molecule has 1 heterocycles. The van der Waals surface area contributed by atoms with Crippen LogP contribution < -0.4 is 5.73 Å². The fraction of sp³-hybridized carbons (Fsp3) is 1.00. The molecule has 5 heteroatoms. The van der Waals surface area contributed by atoms with Crippen LogP contribution in [0.1, 0.15) is 34.1 Å². The Bertz CT molecular complexity index is 322. The van der Waals surface area contributed by atoms with E-state index in [0.717, 1.165) is 6.42 Å². The summed E-state index contributed by atoms with van der Waals surface area (Å²) < 4.78 is 25.9. The van der Waals surface area contributed by atoms with E-state index in [1.807, 2.05) is 20.8 Å². The molecule has 1 saturated heterocycles. The van der Waals surface area contributed by atoms with Gasteiger partial charge in [0.2, 0.25) is 10.0 Å². The highest BCUT2D eigenvalue weighted by molar-refractivity contribution is 7.89. The van der Waals surface area contributed by atoms with Crippen molar-refractivity contribution in [2.45, 2.75) is 40.2 Å². The summed E-state index contributed by atoms with van der Waals surface area (Å²) in [6.45, 7) is 8.97. The van der Waals surface area contributed by atoms with E-state index >= 15 is 0 Å². The van der Waals surface area contributed by atoms with E-state index in [1.54, 1.807) is 4.31 Å². The van der Waals surface area contributed by atoms with Gasteiger partial charge in [0.05, 0.1) is 5.75 Å². The molecule has 1 fully saturated rings. The van der Waals surface area contributed by atoms with Gasteiger partial charge in [-0.15, -0.1) is 0 Å². The lowest BCUT2D eigenvalue weighted by Gasteiger charge is -2.35. The monoisotopic (exact) mass is 248 g/mol. The predicted octanol–water partition coefficient (Wildman–Crippen LogP) is 1.03. The zero-order valence-corrected chi connectivity index (χ0v) is 11.5. The first kappa shape index (κ1) is 13.9. The second kappa shape index (κ2) is 4.63. The number of nitrogens with two attached hydrogens (primary N) is 1. The van der Waals surface area contributed by atoms with Crippen molar-refractivity contribution in [3.05, 3.63) is 0 Å². The lowest BCUT2D eigenvalue weighted by Crippen LogP contribution is -2.50. The zero-order chi connectivity index (χ0) is 12.6. The van der Waals surface area contributed by atoms with Gasteiger partial charge in [0.1, 0.15) is 0 Å². The molecule has 1 aliphatic heterocycles. The van der Waals surface area contributed by atoms with Crippen LogP contribution in [-0.4, -0.2) is 37.6 Å². The maximum absolute atomic E-state index is 12.2. The Morgan fingerprint density at radius 2 is 1.88 bits per heavy atom. The number of hydrogen-bond acceptors (Lipinski definition) is 3. The van der Waals surface area contributed by atoms with Crippen LogP contribution in [0.25, 0.3) is 0 Å². The first-order valence-corrected chi connectivity index (χ1v) is 7.44. The molecule has 1 aliphatic rings. The van der Waals surface area contributed by atoms with Crippen molar-refractivity contribution >= 4 is 10.0 Å². The molecule has 0 aromatic carbocycles. The van der Waals surface area contributed by atoms with Gasteiger partial charge in [0, 0.05) is 19.1 Å². The molecule has 0 saturated carbocycles. The minimum atomic E-state index is -3.15. The molecule has 1 rings (SSSR count). The fourth-order valence-electron chi connectivity index (χ4n) is 2.22. The van der Waals surface area contributed by atoms with E-state index in [2.05, 4.69) is 6.92 Å². The standard InChI is InChI=1S/C11H24N2O2S/c1-9-5-10(12)7-13(6-9)16(14,15)8-11(2,3)4/h9-10H,5-8,12H2,1-4H3. The van der Waals surface area contributed by atoms with Crippen LogP contribution in [0.5, 0.6) is 0 Å². The third kappa shape index (κ3) is 4.03. The molecule has 0 spiro atoms. The number of rotatable bonds is 2. The third-order valence-corrected chi connectivity index (χ3v) is 4.98.